The van der Waals surface area contributed by atoms with Crippen LogP contribution in [-0.4, -0.2) is 21.5 Å². The molecule has 1 aliphatic carbocycles. The van der Waals surface area contributed by atoms with Crippen LogP contribution < -0.4 is 10.6 Å². The first-order chi connectivity index (χ1) is 11.7. The van der Waals surface area contributed by atoms with Crippen molar-refractivity contribution in [1.82, 2.24) is 15.3 Å². The summed E-state index contributed by atoms with van der Waals surface area (Å²) in [6.45, 7) is 1.94. The molecule has 0 aliphatic heterocycles. The third kappa shape index (κ3) is 3.90. The van der Waals surface area contributed by atoms with Crippen molar-refractivity contribution in [2.75, 3.05) is 5.32 Å². The van der Waals surface area contributed by atoms with Crippen LogP contribution >= 0.6 is 0 Å². The molecule has 2 aromatic heterocycles. The molecule has 1 aliphatic rings. The van der Waals surface area contributed by atoms with Gasteiger partial charge in [-0.3, -0.25) is 9.97 Å². The minimum absolute atomic E-state index is 0.242. The van der Waals surface area contributed by atoms with E-state index in [1.165, 1.54) is 0 Å². The van der Waals surface area contributed by atoms with Gasteiger partial charge in [0.1, 0.15) is 5.54 Å². The SMILES string of the molecule is Cc1ccncc1NC(=O)NC1(C#Cc2cccnc2)CCCC1. The number of hydrogen-bond acceptors (Lipinski definition) is 3. The number of hydrogen-bond donors (Lipinski definition) is 2. The second-order valence-electron chi connectivity index (χ2n) is 6.05. The van der Waals surface area contributed by atoms with Crippen molar-refractivity contribution >= 4 is 11.7 Å². The Labute approximate surface area is 141 Å². The normalized spacial score (nSPS) is 15.2. The van der Waals surface area contributed by atoms with Gasteiger partial charge in [-0.2, -0.15) is 0 Å². The number of nitrogens with zero attached hydrogens (tertiary/aromatic N) is 2. The predicted molar refractivity (Wildman–Crippen MR) is 93.4 cm³/mol. The van der Waals surface area contributed by atoms with Gasteiger partial charge >= 0.3 is 6.03 Å². The van der Waals surface area contributed by atoms with E-state index < -0.39 is 5.54 Å². The van der Waals surface area contributed by atoms with Crippen molar-refractivity contribution in [2.24, 2.45) is 0 Å². The van der Waals surface area contributed by atoms with Crippen LogP contribution in [0.5, 0.6) is 0 Å². The number of urea groups is 1. The van der Waals surface area contributed by atoms with E-state index in [2.05, 4.69) is 32.4 Å². The van der Waals surface area contributed by atoms with E-state index in [0.29, 0.717) is 5.69 Å². The van der Waals surface area contributed by atoms with Gasteiger partial charge in [0.2, 0.25) is 0 Å². The van der Waals surface area contributed by atoms with Gasteiger partial charge in [0.25, 0.3) is 0 Å². The Kier molecular flexibility index (Phi) is 4.76. The predicted octanol–water partition coefficient (Wildman–Crippen LogP) is 3.27. The fraction of sp³-hybridized carbons (Fsp3) is 0.316. The molecule has 0 spiro atoms. The lowest BCUT2D eigenvalue weighted by molar-refractivity contribution is 0.244. The quantitative estimate of drug-likeness (QED) is 0.835. The Hall–Kier alpha value is -2.87. The smallest absolute Gasteiger partial charge is 0.320 e. The lowest BCUT2D eigenvalue weighted by Gasteiger charge is -2.24. The molecule has 0 aromatic carbocycles. The Balaban J connectivity index is 1.73. The van der Waals surface area contributed by atoms with Crippen molar-refractivity contribution in [3.8, 4) is 11.8 Å². The molecule has 5 heteroatoms. The van der Waals surface area contributed by atoms with Crippen LogP contribution in [0.2, 0.25) is 0 Å². The Morgan fingerprint density at radius 3 is 2.67 bits per heavy atom. The third-order valence-electron chi connectivity index (χ3n) is 4.20. The van der Waals surface area contributed by atoms with Gasteiger partial charge in [0.05, 0.1) is 11.9 Å². The van der Waals surface area contributed by atoms with Crippen molar-refractivity contribution in [2.45, 2.75) is 38.1 Å². The molecule has 2 amide bonds. The highest BCUT2D eigenvalue weighted by molar-refractivity contribution is 5.90. The molecule has 122 valence electrons. The second-order valence-corrected chi connectivity index (χ2v) is 6.05. The maximum absolute atomic E-state index is 12.4. The second kappa shape index (κ2) is 7.14. The summed E-state index contributed by atoms with van der Waals surface area (Å²) >= 11 is 0. The van der Waals surface area contributed by atoms with Crippen LogP contribution in [0.15, 0.2) is 43.0 Å². The first-order valence-electron chi connectivity index (χ1n) is 8.10. The van der Waals surface area contributed by atoms with Crippen LogP contribution in [0.3, 0.4) is 0 Å². The maximum atomic E-state index is 12.4. The molecule has 3 rings (SSSR count). The van der Waals surface area contributed by atoms with Gasteiger partial charge in [-0.05, 0) is 56.4 Å². The molecule has 2 aromatic rings. The molecule has 0 bridgehead atoms. The molecule has 0 unspecified atom stereocenters. The molecular weight excluding hydrogens is 300 g/mol. The van der Waals surface area contributed by atoms with Crippen LogP contribution in [0, 0.1) is 18.8 Å². The van der Waals surface area contributed by atoms with Gasteiger partial charge in [0, 0.05) is 24.2 Å². The summed E-state index contributed by atoms with van der Waals surface area (Å²) in [6.07, 6.45) is 10.7. The lowest BCUT2D eigenvalue weighted by Crippen LogP contribution is -2.47. The van der Waals surface area contributed by atoms with E-state index in [1.807, 2.05) is 25.1 Å². The number of nitrogens with one attached hydrogen (secondary N) is 2. The van der Waals surface area contributed by atoms with E-state index in [0.717, 1.165) is 36.8 Å². The number of rotatable bonds is 2. The number of amides is 2. The zero-order chi connectivity index (χ0) is 16.8. The minimum Gasteiger partial charge on any atom is -0.322 e. The van der Waals surface area contributed by atoms with Crippen LogP contribution in [0.1, 0.15) is 36.8 Å². The van der Waals surface area contributed by atoms with Gasteiger partial charge < -0.3 is 10.6 Å². The average Bonchev–Trinajstić information content (AvgIpc) is 3.05. The summed E-state index contributed by atoms with van der Waals surface area (Å²) in [5.41, 5.74) is 2.07. The fourth-order valence-electron chi connectivity index (χ4n) is 2.85. The van der Waals surface area contributed by atoms with Gasteiger partial charge in [-0.25, -0.2) is 4.79 Å². The van der Waals surface area contributed by atoms with Crippen LogP contribution in [-0.2, 0) is 0 Å². The Morgan fingerprint density at radius 2 is 1.96 bits per heavy atom. The zero-order valence-electron chi connectivity index (χ0n) is 13.7. The maximum Gasteiger partial charge on any atom is 0.320 e. The third-order valence-corrected chi connectivity index (χ3v) is 4.20. The molecular formula is C19H20N4O. The van der Waals surface area contributed by atoms with E-state index in [1.54, 1.807) is 24.8 Å². The highest BCUT2D eigenvalue weighted by Gasteiger charge is 2.33. The van der Waals surface area contributed by atoms with E-state index in [-0.39, 0.29) is 6.03 Å². The van der Waals surface area contributed by atoms with Gasteiger partial charge in [-0.1, -0.05) is 11.8 Å². The first kappa shape index (κ1) is 16.0. The minimum atomic E-state index is -0.476. The highest BCUT2D eigenvalue weighted by atomic mass is 16.2. The van der Waals surface area contributed by atoms with Crippen molar-refractivity contribution in [3.05, 3.63) is 54.1 Å². The topological polar surface area (TPSA) is 66.9 Å². The molecule has 0 radical (unpaired) electrons. The summed E-state index contributed by atoms with van der Waals surface area (Å²) in [5.74, 6) is 6.41. The number of pyridine rings is 2. The zero-order valence-corrected chi connectivity index (χ0v) is 13.7. The Morgan fingerprint density at radius 1 is 1.17 bits per heavy atom. The fourth-order valence-corrected chi connectivity index (χ4v) is 2.85. The average molecular weight is 320 g/mol. The number of anilines is 1. The van der Waals surface area contributed by atoms with Crippen LogP contribution in [0.25, 0.3) is 0 Å². The molecule has 1 saturated carbocycles. The number of carbonyl (C=O) groups is 1. The summed E-state index contributed by atoms with van der Waals surface area (Å²) in [7, 11) is 0. The molecule has 2 N–H and O–H groups in total. The number of aryl methyl sites for hydroxylation is 1. The van der Waals surface area contributed by atoms with Crippen molar-refractivity contribution in [3.63, 3.8) is 0 Å². The summed E-state index contributed by atoms with van der Waals surface area (Å²) in [4.78, 5) is 20.5. The number of aromatic nitrogens is 2. The molecule has 1 fully saturated rings. The summed E-state index contributed by atoms with van der Waals surface area (Å²) in [6, 6.07) is 5.40. The van der Waals surface area contributed by atoms with Crippen LogP contribution in [0.4, 0.5) is 10.5 Å². The van der Waals surface area contributed by atoms with E-state index in [9.17, 15) is 4.79 Å². The number of carbonyl (C=O) groups excluding carboxylic acids is 1. The lowest BCUT2D eigenvalue weighted by atomic mass is 9.98. The standard InChI is InChI=1S/C19H20N4O/c1-15-7-12-21-14-17(15)22-18(24)23-19(8-2-3-9-19)10-6-16-5-4-11-20-13-16/h4-5,7,11-14H,2-3,8-9H2,1H3,(H2,22,23,24). The molecule has 0 saturated heterocycles. The van der Waals surface area contributed by atoms with E-state index >= 15 is 0 Å². The monoisotopic (exact) mass is 320 g/mol. The largest absolute Gasteiger partial charge is 0.322 e. The van der Waals surface area contributed by atoms with Gasteiger partial charge in [-0.15, -0.1) is 0 Å². The van der Waals surface area contributed by atoms with Crippen molar-refractivity contribution in [1.29, 1.82) is 0 Å². The molecule has 5 nitrogen and oxygen atoms in total. The molecule has 2 heterocycles. The summed E-state index contributed by atoms with van der Waals surface area (Å²) in [5, 5.41) is 5.93. The van der Waals surface area contributed by atoms with E-state index in [4.69, 9.17) is 0 Å². The first-order valence-corrected chi connectivity index (χ1v) is 8.10. The molecule has 0 atom stereocenters. The summed E-state index contributed by atoms with van der Waals surface area (Å²) < 4.78 is 0. The Bertz CT molecular complexity index is 771. The molecule has 24 heavy (non-hydrogen) atoms. The van der Waals surface area contributed by atoms with Gasteiger partial charge in [0.15, 0.2) is 0 Å². The van der Waals surface area contributed by atoms with Crippen molar-refractivity contribution < 1.29 is 4.79 Å². The highest BCUT2D eigenvalue weighted by Crippen LogP contribution is 2.29.